The lowest BCUT2D eigenvalue weighted by Crippen LogP contribution is -2.08. The molecule has 0 N–H and O–H groups in total. The van der Waals surface area contributed by atoms with Crippen LogP contribution in [0.3, 0.4) is 0 Å². The van der Waals surface area contributed by atoms with Crippen LogP contribution in [0.1, 0.15) is 67.4 Å². The second-order valence-corrected chi connectivity index (χ2v) is 8.56. The lowest BCUT2D eigenvalue weighted by molar-refractivity contribution is 0.0734. The Morgan fingerprint density at radius 2 is 1.53 bits per heavy atom. The first-order valence-corrected chi connectivity index (χ1v) is 12.3. The van der Waals surface area contributed by atoms with Gasteiger partial charge in [-0.05, 0) is 79.4 Å². The minimum atomic E-state index is -0.385. The van der Waals surface area contributed by atoms with Crippen LogP contribution >= 0.6 is 0 Å². The van der Waals surface area contributed by atoms with E-state index in [4.69, 9.17) is 9.47 Å². The topological polar surface area (TPSA) is 47.9 Å². The number of esters is 1. The molecule has 0 saturated heterocycles. The summed E-state index contributed by atoms with van der Waals surface area (Å²) in [6.45, 7) is 5.01. The quantitative estimate of drug-likeness (QED) is 0.117. The van der Waals surface area contributed by atoms with E-state index in [1.165, 1.54) is 31.2 Å². The number of carbonyl (C=O) groups excluding carboxylic acids is 1. The van der Waals surface area contributed by atoms with Gasteiger partial charge in [0.25, 0.3) is 0 Å². The Labute approximate surface area is 203 Å². The third-order valence-corrected chi connectivity index (χ3v) is 5.55. The minimum Gasteiger partial charge on any atom is -0.494 e. The van der Waals surface area contributed by atoms with E-state index in [9.17, 15) is 4.79 Å². The zero-order valence-corrected chi connectivity index (χ0v) is 20.3. The second kappa shape index (κ2) is 14.0. The van der Waals surface area contributed by atoms with Gasteiger partial charge >= 0.3 is 5.97 Å². The van der Waals surface area contributed by atoms with Gasteiger partial charge in [0.1, 0.15) is 11.5 Å². The number of hydrogen-bond donors (Lipinski definition) is 0. The van der Waals surface area contributed by atoms with Crippen LogP contribution in [0.2, 0.25) is 0 Å². The molecule has 3 aromatic rings. The molecular weight excluding hydrogens is 422 g/mol. The van der Waals surface area contributed by atoms with Crippen LogP contribution in [0.25, 0.3) is 0 Å². The van der Waals surface area contributed by atoms with E-state index in [1.807, 2.05) is 48.7 Å². The van der Waals surface area contributed by atoms with E-state index in [0.29, 0.717) is 17.9 Å². The van der Waals surface area contributed by atoms with Gasteiger partial charge in [0.15, 0.2) is 0 Å². The normalized spacial score (nSPS) is 11.9. The lowest BCUT2D eigenvalue weighted by atomic mass is 10.1. The number of aliphatic imine (C=N–C) groups is 1. The Balaban J connectivity index is 1.44. The summed E-state index contributed by atoms with van der Waals surface area (Å²) in [5, 5.41) is 0. The largest absolute Gasteiger partial charge is 0.494 e. The number of ether oxygens (including phenoxy) is 2. The Kier molecular flexibility index (Phi) is 10.4. The van der Waals surface area contributed by atoms with Crippen LogP contribution in [0, 0.1) is 0 Å². The number of nitrogens with zero attached hydrogens (tertiary/aromatic N) is 1. The van der Waals surface area contributed by atoms with Crippen LogP contribution in [0.5, 0.6) is 11.5 Å². The molecular formula is C30H35NO3. The molecule has 3 rings (SSSR count). The molecule has 0 aliphatic rings. The maximum atomic E-state index is 12.5. The van der Waals surface area contributed by atoms with Crippen molar-refractivity contribution in [2.75, 3.05) is 6.61 Å². The highest BCUT2D eigenvalue weighted by molar-refractivity contribution is 5.91. The van der Waals surface area contributed by atoms with Gasteiger partial charge < -0.3 is 9.47 Å². The highest BCUT2D eigenvalue weighted by Crippen LogP contribution is 2.17. The van der Waals surface area contributed by atoms with Crippen LogP contribution < -0.4 is 9.47 Å². The first-order valence-electron chi connectivity index (χ1n) is 12.3. The first-order chi connectivity index (χ1) is 16.6. The average molecular weight is 458 g/mol. The lowest BCUT2D eigenvalue weighted by Gasteiger charge is -2.08. The standard InChI is InChI=1S/C30H35NO3/c1-3-4-5-6-10-21-33-28-19-15-27(16-20-28)30(32)34-29-17-13-26(14-18-29)23-31-24(2)22-25-11-8-7-9-12-25/h7-9,11-20,23-24H,3-6,10,21-22H2,1-2H3/t24-/m0/s1. The molecule has 0 aliphatic heterocycles. The van der Waals surface area contributed by atoms with Gasteiger partial charge in [-0.25, -0.2) is 4.79 Å². The van der Waals surface area contributed by atoms with E-state index >= 15 is 0 Å². The molecule has 0 aromatic heterocycles. The number of rotatable bonds is 13. The molecule has 0 aliphatic carbocycles. The highest BCUT2D eigenvalue weighted by Gasteiger charge is 2.09. The Hall–Kier alpha value is -3.40. The third-order valence-electron chi connectivity index (χ3n) is 5.55. The fourth-order valence-electron chi connectivity index (χ4n) is 3.59. The summed E-state index contributed by atoms with van der Waals surface area (Å²) in [7, 11) is 0. The fraction of sp³-hybridized carbons (Fsp3) is 0.333. The smallest absolute Gasteiger partial charge is 0.343 e. The molecule has 34 heavy (non-hydrogen) atoms. The maximum absolute atomic E-state index is 12.5. The molecule has 0 radical (unpaired) electrons. The van der Waals surface area contributed by atoms with E-state index in [0.717, 1.165) is 24.2 Å². The fourth-order valence-corrected chi connectivity index (χ4v) is 3.59. The van der Waals surface area contributed by atoms with Crippen molar-refractivity contribution in [1.29, 1.82) is 0 Å². The highest BCUT2D eigenvalue weighted by atomic mass is 16.5. The Bertz CT molecular complexity index is 1010. The van der Waals surface area contributed by atoms with E-state index in [1.54, 1.807) is 24.3 Å². The maximum Gasteiger partial charge on any atom is 0.343 e. The van der Waals surface area contributed by atoms with Crippen LogP contribution in [0.4, 0.5) is 0 Å². The van der Waals surface area contributed by atoms with Crippen molar-refractivity contribution in [2.24, 2.45) is 4.99 Å². The Morgan fingerprint density at radius 1 is 0.853 bits per heavy atom. The van der Waals surface area contributed by atoms with Gasteiger partial charge in [-0.1, -0.05) is 62.9 Å². The van der Waals surface area contributed by atoms with Gasteiger partial charge in [0.2, 0.25) is 0 Å². The third kappa shape index (κ3) is 8.86. The zero-order chi connectivity index (χ0) is 24.0. The molecule has 0 saturated carbocycles. The molecule has 0 unspecified atom stereocenters. The molecule has 0 fully saturated rings. The van der Waals surface area contributed by atoms with Gasteiger partial charge in [-0.3, -0.25) is 4.99 Å². The van der Waals surface area contributed by atoms with Crippen molar-refractivity contribution in [3.05, 3.63) is 95.6 Å². The van der Waals surface area contributed by atoms with E-state index < -0.39 is 0 Å². The molecule has 4 heteroatoms. The van der Waals surface area contributed by atoms with Crippen LogP contribution in [0.15, 0.2) is 83.9 Å². The first kappa shape index (κ1) is 25.2. The Morgan fingerprint density at radius 3 is 2.24 bits per heavy atom. The summed E-state index contributed by atoms with van der Waals surface area (Å²) in [6.07, 6.45) is 8.78. The van der Waals surface area contributed by atoms with Crippen LogP contribution in [-0.2, 0) is 6.42 Å². The summed E-state index contributed by atoms with van der Waals surface area (Å²) in [5.41, 5.74) is 2.74. The van der Waals surface area contributed by atoms with Crippen molar-refractivity contribution in [1.82, 2.24) is 0 Å². The summed E-state index contributed by atoms with van der Waals surface area (Å²) >= 11 is 0. The summed E-state index contributed by atoms with van der Waals surface area (Å²) in [6, 6.07) is 25.0. The summed E-state index contributed by atoms with van der Waals surface area (Å²) < 4.78 is 11.3. The van der Waals surface area contributed by atoms with E-state index in [2.05, 4.69) is 31.0 Å². The SMILES string of the molecule is CCCCCCCOc1ccc(C(=O)Oc2ccc(C=N[C@@H](C)Cc3ccccc3)cc2)cc1. The number of hydrogen-bond acceptors (Lipinski definition) is 4. The number of unbranched alkanes of at least 4 members (excludes halogenated alkanes) is 4. The predicted molar refractivity (Wildman–Crippen MR) is 139 cm³/mol. The van der Waals surface area contributed by atoms with Crippen LogP contribution in [-0.4, -0.2) is 24.8 Å². The molecule has 4 nitrogen and oxygen atoms in total. The second-order valence-electron chi connectivity index (χ2n) is 8.56. The minimum absolute atomic E-state index is 0.188. The van der Waals surface area contributed by atoms with Gasteiger partial charge in [-0.2, -0.15) is 0 Å². The van der Waals surface area contributed by atoms with Crippen molar-refractivity contribution in [3.8, 4) is 11.5 Å². The average Bonchev–Trinajstić information content (AvgIpc) is 2.86. The van der Waals surface area contributed by atoms with Gasteiger partial charge in [-0.15, -0.1) is 0 Å². The van der Waals surface area contributed by atoms with Gasteiger partial charge in [0.05, 0.1) is 18.2 Å². The summed E-state index contributed by atoms with van der Waals surface area (Å²) in [5.74, 6) is 0.896. The molecule has 178 valence electrons. The molecule has 3 aromatic carbocycles. The van der Waals surface area contributed by atoms with Crippen molar-refractivity contribution >= 4 is 12.2 Å². The zero-order valence-electron chi connectivity index (χ0n) is 20.3. The molecule has 1 atom stereocenters. The monoisotopic (exact) mass is 457 g/mol. The van der Waals surface area contributed by atoms with Crippen molar-refractivity contribution in [2.45, 2.75) is 58.4 Å². The van der Waals surface area contributed by atoms with Crippen molar-refractivity contribution in [3.63, 3.8) is 0 Å². The van der Waals surface area contributed by atoms with Crippen molar-refractivity contribution < 1.29 is 14.3 Å². The molecule has 0 heterocycles. The molecule has 0 bridgehead atoms. The summed E-state index contributed by atoms with van der Waals surface area (Å²) in [4.78, 5) is 17.1. The molecule has 0 amide bonds. The van der Waals surface area contributed by atoms with Gasteiger partial charge in [0, 0.05) is 6.21 Å². The molecule has 0 spiro atoms. The van der Waals surface area contributed by atoms with E-state index in [-0.39, 0.29) is 12.0 Å². The number of carbonyl (C=O) groups is 1. The predicted octanol–water partition coefficient (Wildman–Crippen LogP) is 7.31. The number of benzene rings is 3.